The first-order valence-electron chi connectivity index (χ1n) is 6.14. The van der Waals surface area contributed by atoms with Gasteiger partial charge in [0.25, 0.3) is 0 Å². The molecule has 0 fully saturated rings. The second-order valence-electron chi connectivity index (χ2n) is 4.59. The van der Waals surface area contributed by atoms with Crippen molar-refractivity contribution >= 4 is 0 Å². The molecule has 0 aliphatic carbocycles. The Morgan fingerprint density at radius 3 is 2.58 bits per heavy atom. The van der Waals surface area contributed by atoms with Crippen molar-refractivity contribution in [2.24, 2.45) is 0 Å². The fourth-order valence-corrected chi connectivity index (χ4v) is 2.13. The van der Waals surface area contributed by atoms with Gasteiger partial charge < -0.3 is 5.32 Å². The highest BCUT2D eigenvalue weighted by Crippen LogP contribution is 2.15. The fourth-order valence-electron chi connectivity index (χ4n) is 2.13. The lowest BCUT2D eigenvalue weighted by Gasteiger charge is -2.06. The summed E-state index contributed by atoms with van der Waals surface area (Å²) in [5, 5.41) is 7.53. The zero-order chi connectivity index (χ0) is 14.0. The summed E-state index contributed by atoms with van der Waals surface area (Å²) in [5.74, 6) is -1.65. The number of nitrogens with one attached hydrogen (secondary N) is 1. The minimum absolute atomic E-state index is 0.438. The highest BCUT2D eigenvalue weighted by Gasteiger charge is 2.11. The molecular weight excluding hydrogens is 248 g/mol. The van der Waals surface area contributed by atoms with Crippen molar-refractivity contribution in [1.29, 1.82) is 0 Å². The second-order valence-corrected chi connectivity index (χ2v) is 4.59. The van der Waals surface area contributed by atoms with Crippen LogP contribution in [0.25, 0.3) is 0 Å². The van der Waals surface area contributed by atoms with E-state index in [2.05, 4.69) is 10.4 Å². The quantitative estimate of drug-likeness (QED) is 0.920. The number of halogens is 2. The zero-order valence-electron chi connectivity index (χ0n) is 11.3. The van der Waals surface area contributed by atoms with E-state index in [-0.39, 0.29) is 0 Å². The van der Waals surface area contributed by atoms with Crippen LogP contribution in [0.5, 0.6) is 0 Å². The minimum Gasteiger partial charge on any atom is -0.316 e. The number of benzene rings is 1. The van der Waals surface area contributed by atoms with Gasteiger partial charge in [-0.05, 0) is 38.6 Å². The predicted molar refractivity (Wildman–Crippen MR) is 69.9 cm³/mol. The first kappa shape index (κ1) is 13.7. The summed E-state index contributed by atoms with van der Waals surface area (Å²) in [6, 6.07) is 3.93. The Hall–Kier alpha value is -1.75. The Kier molecular flexibility index (Phi) is 3.95. The molecular formula is C14H17F2N3. The average molecular weight is 265 g/mol. The van der Waals surface area contributed by atoms with Gasteiger partial charge in [0.2, 0.25) is 0 Å². The topological polar surface area (TPSA) is 29.9 Å². The van der Waals surface area contributed by atoms with Gasteiger partial charge in [-0.25, -0.2) is 8.78 Å². The number of hydrogen-bond donors (Lipinski definition) is 1. The summed E-state index contributed by atoms with van der Waals surface area (Å²) in [4.78, 5) is 0. The van der Waals surface area contributed by atoms with Gasteiger partial charge in [0, 0.05) is 17.8 Å². The van der Waals surface area contributed by atoms with E-state index in [1.54, 1.807) is 6.07 Å². The molecule has 2 rings (SSSR count). The third-order valence-electron chi connectivity index (χ3n) is 3.20. The van der Waals surface area contributed by atoms with Crippen LogP contribution in [0.3, 0.4) is 0 Å². The van der Waals surface area contributed by atoms with Crippen LogP contribution in [0.15, 0.2) is 18.2 Å². The van der Waals surface area contributed by atoms with Crippen molar-refractivity contribution in [2.75, 3.05) is 7.05 Å². The molecule has 1 heterocycles. The summed E-state index contributed by atoms with van der Waals surface area (Å²) < 4.78 is 27.9. The van der Waals surface area contributed by atoms with Crippen molar-refractivity contribution in [3.63, 3.8) is 0 Å². The van der Waals surface area contributed by atoms with Crippen LogP contribution in [0, 0.1) is 25.5 Å². The fraction of sp³-hybridized carbons (Fsp3) is 0.357. The Morgan fingerprint density at radius 2 is 1.95 bits per heavy atom. The predicted octanol–water partition coefficient (Wildman–Crippen LogP) is 2.55. The first-order valence-corrected chi connectivity index (χ1v) is 6.14. The van der Waals surface area contributed by atoms with Crippen LogP contribution in [0.2, 0.25) is 0 Å². The molecule has 102 valence electrons. The van der Waals surface area contributed by atoms with Gasteiger partial charge in [0.15, 0.2) is 11.6 Å². The summed E-state index contributed by atoms with van der Waals surface area (Å²) in [6.45, 7) is 5.11. The maximum absolute atomic E-state index is 13.2. The van der Waals surface area contributed by atoms with Crippen LogP contribution in [-0.2, 0) is 13.1 Å². The van der Waals surface area contributed by atoms with Crippen molar-refractivity contribution in [1.82, 2.24) is 15.1 Å². The molecule has 0 unspecified atom stereocenters. The normalized spacial score (nSPS) is 11.0. The highest BCUT2D eigenvalue weighted by molar-refractivity contribution is 5.26. The van der Waals surface area contributed by atoms with Gasteiger partial charge in [-0.3, -0.25) is 4.68 Å². The van der Waals surface area contributed by atoms with E-state index < -0.39 is 11.6 Å². The average Bonchev–Trinajstić information content (AvgIpc) is 2.62. The smallest absolute Gasteiger partial charge is 0.159 e. The highest BCUT2D eigenvalue weighted by atomic mass is 19.2. The molecule has 5 heteroatoms. The van der Waals surface area contributed by atoms with E-state index in [0.717, 1.165) is 29.6 Å². The Morgan fingerprint density at radius 1 is 1.21 bits per heavy atom. The standard InChI is InChI=1S/C14H17F2N3/c1-9-12(7-17-3)10(2)19(18-9)8-11-4-5-13(15)14(16)6-11/h4-6,17H,7-8H2,1-3H3. The number of nitrogens with zero attached hydrogens (tertiary/aromatic N) is 2. The van der Waals surface area contributed by atoms with Gasteiger partial charge in [0.05, 0.1) is 12.2 Å². The second kappa shape index (κ2) is 5.48. The number of rotatable bonds is 4. The van der Waals surface area contributed by atoms with E-state index in [1.165, 1.54) is 6.07 Å². The van der Waals surface area contributed by atoms with Gasteiger partial charge in [-0.1, -0.05) is 6.07 Å². The van der Waals surface area contributed by atoms with Gasteiger partial charge >= 0.3 is 0 Å². The molecule has 0 aliphatic heterocycles. The SMILES string of the molecule is CNCc1c(C)nn(Cc2ccc(F)c(F)c2)c1C. The van der Waals surface area contributed by atoms with Crippen LogP contribution in [-0.4, -0.2) is 16.8 Å². The van der Waals surface area contributed by atoms with Gasteiger partial charge in [-0.15, -0.1) is 0 Å². The monoisotopic (exact) mass is 265 g/mol. The Balaban J connectivity index is 2.28. The third-order valence-corrected chi connectivity index (χ3v) is 3.20. The molecule has 0 radical (unpaired) electrons. The zero-order valence-corrected chi connectivity index (χ0v) is 11.3. The van der Waals surface area contributed by atoms with E-state index in [0.29, 0.717) is 12.1 Å². The van der Waals surface area contributed by atoms with Crippen molar-refractivity contribution < 1.29 is 8.78 Å². The maximum Gasteiger partial charge on any atom is 0.159 e. The lowest BCUT2D eigenvalue weighted by atomic mass is 10.2. The maximum atomic E-state index is 13.2. The molecule has 0 saturated carbocycles. The van der Waals surface area contributed by atoms with E-state index in [4.69, 9.17) is 0 Å². The lowest BCUT2D eigenvalue weighted by molar-refractivity contribution is 0.505. The largest absolute Gasteiger partial charge is 0.316 e. The van der Waals surface area contributed by atoms with Crippen molar-refractivity contribution in [3.8, 4) is 0 Å². The minimum atomic E-state index is -0.826. The third kappa shape index (κ3) is 2.81. The number of aromatic nitrogens is 2. The molecule has 0 spiro atoms. The molecule has 1 aromatic carbocycles. The van der Waals surface area contributed by atoms with Crippen LogP contribution in [0.1, 0.15) is 22.5 Å². The van der Waals surface area contributed by atoms with Crippen LogP contribution < -0.4 is 5.32 Å². The molecule has 0 amide bonds. The molecule has 0 aliphatic rings. The van der Waals surface area contributed by atoms with E-state index in [1.807, 2.05) is 25.6 Å². The summed E-state index contributed by atoms with van der Waals surface area (Å²) in [6.07, 6.45) is 0. The molecule has 3 nitrogen and oxygen atoms in total. The van der Waals surface area contributed by atoms with Crippen LogP contribution in [0.4, 0.5) is 8.78 Å². The van der Waals surface area contributed by atoms with Gasteiger partial charge in [0.1, 0.15) is 0 Å². The molecule has 19 heavy (non-hydrogen) atoms. The number of aryl methyl sites for hydroxylation is 1. The van der Waals surface area contributed by atoms with Gasteiger partial charge in [-0.2, -0.15) is 5.10 Å². The first-order chi connectivity index (χ1) is 9.02. The lowest BCUT2D eigenvalue weighted by Crippen LogP contribution is -2.08. The molecule has 0 saturated heterocycles. The molecule has 0 atom stereocenters. The molecule has 2 aromatic rings. The van der Waals surface area contributed by atoms with Crippen LogP contribution >= 0.6 is 0 Å². The van der Waals surface area contributed by atoms with Crippen molar-refractivity contribution in [3.05, 3.63) is 52.3 Å². The van der Waals surface area contributed by atoms with E-state index in [9.17, 15) is 8.78 Å². The summed E-state index contributed by atoms with van der Waals surface area (Å²) >= 11 is 0. The number of hydrogen-bond acceptors (Lipinski definition) is 2. The Bertz CT molecular complexity index is 591. The van der Waals surface area contributed by atoms with Crippen molar-refractivity contribution in [2.45, 2.75) is 26.9 Å². The summed E-state index contributed by atoms with van der Waals surface area (Å²) in [7, 11) is 1.88. The molecule has 1 N–H and O–H groups in total. The Labute approximate surface area is 111 Å². The summed E-state index contributed by atoms with van der Waals surface area (Å²) in [5.41, 5.74) is 3.83. The molecule has 0 bridgehead atoms. The molecule has 1 aromatic heterocycles. The van der Waals surface area contributed by atoms with E-state index >= 15 is 0 Å².